The first kappa shape index (κ1) is 32.4. The highest BCUT2D eigenvalue weighted by Crippen LogP contribution is 2.59. The number of aliphatic hydroxyl groups is 1. The third-order valence-corrected chi connectivity index (χ3v) is 10.2. The lowest BCUT2D eigenvalue weighted by atomic mass is 9.62. The molecule has 0 aromatic heterocycles. The number of esters is 1. The molecule has 256 valence electrons. The number of fused-ring (bicyclic) bond motifs is 4. The SMILES string of the molecule is O=C1OC2CC3(C(=O)NCCO)C(ON(Cc4ccc(C=CCc5ccccc5O)cc4)C13)C1OC(c3ccccc3)(c3ccccc3)OC21. The number of phenols is 1. The molecule has 10 heteroatoms. The average molecular weight is 675 g/mol. The van der Waals surface area contributed by atoms with Gasteiger partial charge in [0.15, 0.2) is 6.04 Å². The highest BCUT2D eigenvalue weighted by molar-refractivity contribution is 5.93. The molecule has 2 bridgehead atoms. The number of nitrogens with one attached hydrogen (secondary N) is 1. The van der Waals surface area contributed by atoms with Crippen molar-refractivity contribution >= 4 is 18.0 Å². The van der Waals surface area contributed by atoms with Crippen molar-refractivity contribution in [3.63, 3.8) is 0 Å². The van der Waals surface area contributed by atoms with Crippen molar-refractivity contribution in [1.29, 1.82) is 0 Å². The van der Waals surface area contributed by atoms with Gasteiger partial charge in [0.05, 0.1) is 13.2 Å². The van der Waals surface area contributed by atoms with Gasteiger partial charge in [-0.2, -0.15) is 5.06 Å². The van der Waals surface area contributed by atoms with Gasteiger partial charge in [-0.3, -0.25) is 14.4 Å². The Morgan fingerprint density at radius 1 is 0.880 bits per heavy atom. The molecule has 3 aliphatic heterocycles. The summed E-state index contributed by atoms with van der Waals surface area (Å²) >= 11 is 0. The molecule has 1 amide bonds. The van der Waals surface area contributed by atoms with E-state index in [1.54, 1.807) is 17.2 Å². The molecular weight excluding hydrogens is 636 g/mol. The van der Waals surface area contributed by atoms with E-state index in [1.165, 1.54) is 0 Å². The van der Waals surface area contributed by atoms with Crippen LogP contribution < -0.4 is 5.32 Å². The fraction of sp³-hybridized carbons (Fsp3) is 0.300. The summed E-state index contributed by atoms with van der Waals surface area (Å²) in [5, 5.41) is 24.0. The summed E-state index contributed by atoms with van der Waals surface area (Å²) in [5.41, 5.74) is 2.86. The normalized spacial score (nSPS) is 27.9. The van der Waals surface area contributed by atoms with E-state index >= 15 is 0 Å². The third kappa shape index (κ3) is 5.40. The number of para-hydroxylation sites is 1. The number of nitrogens with zero attached hydrogens (tertiary/aromatic N) is 1. The number of rotatable bonds is 10. The summed E-state index contributed by atoms with van der Waals surface area (Å²) in [6.45, 7) is -0.0136. The molecule has 0 radical (unpaired) electrons. The Hall–Kier alpha value is -4.84. The van der Waals surface area contributed by atoms with Crippen LogP contribution in [-0.2, 0) is 47.4 Å². The van der Waals surface area contributed by atoms with Crippen molar-refractivity contribution in [3.8, 4) is 5.75 Å². The van der Waals surface area contributed by atoms with Crippen molar-refractivity contribution in [3.05, 3.63) is 143 Å². The first-order valence-corrected chi connectivity index (χ1v) is 16.9. The number of aliphatic hydroxyl groups excluding tert-OH is 1. The van der Waals surface area contributed by atoms with E-state index in [9.17, 15) is 19.8 Å². The number of carbonyl (C=O) groups excluding carboxylic acids is 2. The highest BCUT2D eigenvalue weighted by atomic mass is 16.8. The summed E-state index contributed by atoms with van der Waals surface area (Å²) in [4.78, 5) is 34.8. The van der Waals surface area contributed by atoms with Crippen molar-refractivity contribution < 1.29 is 38.9 Å². The van der Waals surface area contributed by atoms with E-state index in [2.05, 4.69) is 5.32 Å². The summed E-state index contributed by atoms with van der Waals surface area (Å²) in [6.07, 6.45) is 1.61. The smallest absolute Gasteiger partial charge is 0.327 e. The molecular formula is C40H38N2O8. The molecule has 50 heavy (non-hydrogen) atoms. The Morgan fingerprint density at radius 2 is 1.54 bits per heavy atom. The minimum Gasteiger partial charge on any atom is -0.508 e. The molecule has 10 nitrogen and oxygen atoms in total. The quantitative estimate of drug-likeness (QED) is 0.212. The van der Waals surface area contributed by atoms with Gasteiger partial charge in [0.2, 0.25) is 11.7 Å². The van der Waals surface area contributed by atoms with Crippen LogP contribution in [-0.4, -0.2) is 70.8 Å². The Kier molecular flexibility index (Phi) is 8.50. The number of hydrogen-bond acceptors (Lipinski definition) is 9. The predicted octanol–water partition coefficient (Wildman–Crippen LogP) is 4.24. The van der Waals surface area contributed by atoms with Gasteiger partial charge in [-0.25, -0.2) is 0 Å². The van der Waals surface area contributed by atoms with Crippen LogP contribution in [0.3, 0.4) is 0 Å². The second-order valence-electron chi connectivity index (χ2n) is 13.2. The number of phenolic OH excluding ortho intramolecular Hbond substituents is 1. The molecule has 8 rings (SSSR count). The van der Waals surface area contributed by atoms with Gasteiger partial charge in [-0.15, -0.1) is 0 Å². The first-order valence-electron chi connectivity index (χ1n) is 16.9. The zero-order valence-corrected chi connectivity index (χ0v) is 27.3. The Balaban J connectivity index is 1.11. The molecule has 1 aliphatic carbocycles. The van der Waals surface area contributed by atoms with Crippen LogP contribution in [0.2, 0.25) is 0 Å². The second kappa shape index (κ2) is 13.1. The van der Waals surface area contributed by atoms with Gasteiger partial charge in [-0.1, -0.05) is 115 Å². The molecule has 1 saturated carbocycles. The van der Waals surface area contributed by atoms with E-state index in [0.717, 1.165) is 27.8 Å². The lowest BCUT2D eigenvalue weighted by molar-refractivity contribution is -0.213. The Labute approximate surface area is 289 Å². The number of aromatic hydroxyl groups is 1. The maximum Gasteiger partial charge on any atom is 0.327 e. The van der Waals surface area contributed by atoms with Gasteiger partial charge in [0.25, 0.3) is 0 Å². The van der Waals surface area contributed by atoms with E-state index in [0.29, 0.717) is 6.42 Å². The molecule has 3 saturated heterocycles. The van der Waals surface area contributed by atoms with Gasteiger partial charge in [0.1, 0.15) is 35.6 Å². The largest absolute Gasteiger partial charge is 0.508 e. The minimum absolute atomic E-state index is 0.0298. The van der Waals surface area contributed by atoms with Crippen LogP contribution in [0.4, 0.5) is 0 Å². The molecule has 0 spiro atoms. The number of hydroxylamine groups is 2. The van der Waals surface area contributed by atoms with Gasteiger partial charge >= 0.3 is 5.97 Å². The van der Waals surface area contributed by atoms with Crippen LogP contribution in [0.25, 0.3) is 6.08 Å². The fourth-order valence-electron chi connectivity index (χ4n) is 7.94. The topological polar surface area (TPSA) is 127 Å². The van der Waals surface area contributed by atoms with Crippen molar-refractivity contribution in [1.82, 2.24) is 10.4 Å². The van der Waals surface area contributed by atoms with Crippen molar-refractivity contribution in [2.75, 3.05) is 13.2 Å². The van der Waals surface area contributed by atoms with Gasteiger partial charge in [0, 0.05) is 24.1 Å². The van der Waals surface area contributed by atoms with Crippen LogP contribution in [0.5, 0.6) is 5.75 Å². The maximum atomic E-state index is 14.2. The minimum atomic E-state index is -1.35. The van der Waals surface area contributed by atoms with E-state index in [-0.39, 0.29) is 31.9 Å². The lowest BCUT2D eigenvalue weighted by Crippen LogP contribution is -2.69. The number of benzene rings is 4. The number of hydrogen-bond donors (Lipinski definition) is 3. The first-order chi connectivity index (χ1) is 24.4. The molecule has 6 unspecified atom stereocenters. The Bertz CT molecular complexity index is 1850. The van der Waals surface area contributed by atoms with E-state index in [1.807, 2.05) is 109 Å². The summed E-state index contributed by atoms with van der Waals surface area (Å²) in [6, 6.07) is 33.3. The number of amides is 1. The third-order valence-electron chi connectivity index (χ3n) is 10.2. The molecule has 4 aliphatic rings. The summed E-state index contributed by atoms with van der Waals surface area (Å²) in [5.74, 6) is -2.03. The number of allylic oxidation sites excluding steroid dienone is 1. The van der Waals surface area contributed by atoms with Crippen LogP contribution in [0.15, 0.2) is 115 Å². The number of carbonyl (C=O) groups is 2. The maximum absolute atomic E-state index is 14.2. The highest BCUT2D eigenvalue weighted by Gasteiger charge is 2.76. The average Bonchev–Trinajstić information content (AvgIpc) is 3.73. The number of ether oxygens (including phenoxy) is 3. The molecule has 4 aromatic rings. The van der Waals surface area contributed by atoms with Crippen molar-refractivity contribution in [2.45, 2.75) is 55.6 Å². The second-order valence-corrected chi connectivity index (χ2v) is 13.2. The van der Waals surface area contributed by atoms with E-state index in [4.69, 9.17) is 19.0 Å². The van der Waals surface area contributed by atoms with Gasteiger partial charge < -0.3 is 29.7 Å². The van der Waals surface area contributed by atoms with E-state index < -0.39 is 53.5 Å². The summed E-state index contributed by atoms with van der Waals surface area (Å²) < 4.78 is 19.9. The standard InChI is InChI=1S/C40H38N2O8/c43-23-22-41-38(46)39-24-32-33-34(49-40(48-33,29-13-3-1-4-14-29)30-15-5-2-6-16-30)36(39)50-42(35(39)37(45)47-32)25-27-20-18-26(19-21-27)10-9-12-28-11-7-8-17-31(28)44/h1-11,13-21,32-36,43-44H,12,22-25H2,(H,41,46). The monoisotopic (exact) mass is 674 g/mol. The van der Waals surface area contributed by atoms with Crippen LogP contribution in [0, 0.1) is 5.41 Å². The predicted molar refractivity (Wildman–Crippen MR) is 182 cm³/mol. The molecule has 3 N–H and O–H groups in total. The molecule has 4 fully saturated rings. The zero-order valence-electron chi connectivity index (χ0n) is 27.3. The van der Waals surface area contributed by atoms with Crippen molar-refractivity contribution in [2.24, 2.45) is 5.41 Å². The zero-order chi connectivity index (χ0) is 34.3. The van der Waals surface area contributed by atoms with Crippen LogP contribution >= 0.6 is 0 Å². The molecule has 6 atom stereocenters. The summed E-state index contributed by atoms with van der Waals surface area (Å²) in [7, 11) is 0. The fourth-order valence-corrected chi connectivity index (χ4v) is 7.94. The van der Waals surface area contributed by atoms with Gasteiger partial charge in [-0.05, 0) is 29.2 Å². The molecule has 3 heterocycles. The lowest BCUT2D eigenvalue weighted by Gasteiger charge is -2.48. The Morgan fingerprint density at radius 3 is 2.22 bits per heavy atom. The molecule has 4 aromatic carbocycles. The van der Waals surface area contributed by atoms with Crippen LogP contribution in [0.1, 0.15) is 34.2 Å².